The summed E-state index contributed by atoms with van der Waals surface area (Å²) in [4.78, 5) is 25.9. The standard InChI is InChI=1S/C21H31N3O5S/c1-29-19-7-6-18(30(27,28)24-11-3-2-4-12-24)15-17(19)5-8-20(25)23-13-9-16(10-14-23)21(22)26/h6-7,15-16H,2-5,8-14H2,1H3,(H2,22,26). The van der Waals surface area contributed by atoms with Crippen LogP contribution in [0.4, 0.5) is 0 Å². The van der Waals surface area contributed by atoms with E-state index < -0.39 is 10.0 Å². The van der Waals surface area contributed by atoms with E-state index in [-0.39, 0.29) is 29.0 Å². The van der Waals surface area contributed by atoms with Crippen molar-refractivity contribution in [3.05, 3.63) is 23.8 Å². The third-order valence-corrected chi connectivity index (χ3v) is 7.96. The largest absolute Gasteiger partial charge is 0.496 e. The number of benzene rings is 1. The van der Waals surface area contributed by atoms with Crippen LogP contribution < -0.4 is 10.5 Å². The molecule has 0 spiro atoms. The van der Waals surface area contributed by atoms with Gasteiger partial charge in [0.1, 0.15) is 5.75 Å². The lowest BCUT2D eigenvalue weighted by molar-refractivity contribution is -0.134. The second-order valence-corrected chi connectivity index (χ2v) is 9.93. The second kappa shape index (κ2) is 9.78. The number of aryl methyl sites for hydroxylation is 1. The Kier molecular flexibility index (Phi) is 7.36. The SMILES string of the molecule is COc1ccc(S(=O)(=O)N2CCCCC2)cc1CCC(=O)N1CCC(C(N)=O)CC1. The molecule has 1 aromatic carbocycles. The molecule has 8 nitrogen and oxygen atoms in total. The van der Waals surface area contributed by atoms with E-state index in [0.717, 1.165) is 19.3 Å². The molecule has 2 aliphatic rings. The molecular weight excluding hydrogens is 406 g/mol. The van der Waals surface area contributed by atoms with Crippen LogP contribution in [-0.2, 0) is 26.0 Å². The maximum absolute atomic E-state index is 13.0. The van der Waals surface area contributed by atoms with E-state index in [0.29, 0.717) is 56.8 Å². The van der Waals surface area contributed by atoms with Crippen molar-refractivity contribution in [3.8, 4) is 5.75 Å². The van der Waals surface area contributed by atoms with Crippen molar-refractivity contribution >= 4 is 21.8 Å². The van der Waals surface area contributed by atoms with Gasteiger partial charge in [0, 0.05) is 38.5 Å². The average molecular weight is 438 g/mol. The monoisotopic (exact) mass is 437 g/mol. The topological polar surface area (TPSA) is 110 Å². The molecule has 2 saturated heterocycles. The van der Waals surface area contributed by atoms with Crippen molar-refractivity contribution in [1.82, 2.24) is 9.21 Å². The Morgan fingerprint density at radius 2 is 1.77 bits per heavy atom. The number of nitrogens with zero attached hydrogens (tertiary/aromatic N) is 2. The van der Waals surface area contributed by atoms with E-state index in [2.05, 4.69) is 0 Å². The van der Waals surface area contributed by atoms with Gasteiger partial charge in [-0.1, -0.05) is 6.42 Å². The first-order valence-corrected chi connectivity index (χ1v) is 12.0. The summed E-state index contributed by atoms with van der Waals surface area (Å²) in [7, 11) is -2.01. The fourth-order valence-corrected chi connectivity index (χ4v) is 5.75. The number of primary amides is 1. The van der Waals surface area contributed by atoms with Crippen molar-refractivity contribution < 1.29 is 22.7 Å². The Hall–Kier alpha value is -2.13. The number of hydrogen-bond acceptors (Lipinski definition) is 5. The zero-order chi connectivity index (χ0) is 21.7. The number of carbonyl (C=O) groups is 2. The lowest BCUT2D eigenvalue weighted by atomic mass is 9.96. The van der Waals surface area contributed by atoms with Gasteiger partial charge in [0.05, 0.1) is 12.0 Å². The van der Waals surface area contributed by atoms with Crippen molar-refractivity contribution in [1.29, 1.82) is 0 Å². The fourth-order valence-electron chi connectivity index (χ4n) is 4.18. The summed E-state index contributed by atoms with van der Waals surface area (Å²) < 4.78 is 32.9. The van der Waals surface area contributed by atoms with Crippen LogP contribution in [0.2, 0.25) is 0 Å². The van der Waals surface area contributed by atoms with E-state index in [1.807, 2.05) is 0 Å². The van der Waals surface area contributed by atoms with Crippen LogP contribution >= 0.6 is 0 Å². The molecule has 2 N–H and O–H groups in total. The number of methoxy groups -OCH3 is 1. The van der Waals surface area contributed by atoms with Gasteiger partial charge in [-0.3, -0.25) is 9.59 Å². The number of hydrogen-bond donors (Lipinski definition) is 1. The third-order valence-electron chi connectivity index (χ3n) is 6.06. The molecule has 0 saturated carbocycles. The zero-order valence-electron chi connectivity index (χ0n) is 17.5. The molecule has 0 unspecified atom stereocenters. The van der Waals surface area contributed by atoms with Gasteiger partial charge in [0.15, 0.2) is 0 Å². The Bertz CT molecular complexity index is 873. The van der Waals surface area contributed by atoms with Gasteiger partial charge < -0.3 is 15.4 Å². The molecule has 2 fully saturated rings. The highest BCUT2D eigenvalue weighted by atomic mass is 32.2. The number of carbonyl (C=O) groups excluding carboxylic acids is 2. The van der Waals surface area contributed by atoms with E-state index in [4.69, 9.17) is 10.5 Å². The highest BCUT2D eigenvalue weighted by Gasteiger charge is 2.28. The quantitative estimate of drug-likeness (QED) is 0.696. The number of rotatable bonds is 7. The predicted molar refractivity (Wildman–Crippen MR) is 112 cm³/mol. The number of nitrogens with two attached hydrogens (primary N) is 1. The van der Waals surface area contributed by atoms with Gasteiger partial charge in [0.25, 0.3) is 0 Å². The minimum Gasteiger partial charge on any atom is -0.496 e. The van der Waals surface area contributed by atoms with Crippen LogP contribution in [0, 0.1) is 5.92 Å². The third kappa shape index (κ3) is 5.13. The Morgan fingerprint density at radius 1 is 1.10 bits per heavy atom. The van der Waals surface area contributed by atoms with Gasteiger partial charge in [-0.05, 0) is 55.9 Å². The molecular formula is C21H31N3O5S. The number of likely N-dealkylation sites (tertiary alicyclic amines) is 1. The van der Waals surface area contributed by atoms with Gasteiger partial charge in [-0.2, -0.15) is 4.31 Å². The first-order chi connectivity index (χ1) is 14.3. The van der Waals surface area contributed by atoms with E-state index in [1.165, 1.54) is 11.4 Å². The van der Waals surface area contributed by atoms with Gasteiger partial charge in [0.2, 0.25) is 21.8 Å². The van der Waals surface area contributed by atoms with E-state index in [1.54, 1.807) is 23.1 Å². The van der Waals surface area contributed by atoms with Crippen LogP contribution in [0.5, 0.6) is 5.75 Å². The normalized spacial score (nSPS) is 18.9. The van der Waals surface area contributed by atoms with Crippen molar-refractivity contribution in [3.63, 3.8) is 0 Å². The Morgan fingerprint density at radius 3 is 2.37 bits per heavy atom. The van der Waals surface area contributed by atoms with Crippen molar-refractivity contribution in [2.75, 3.05) is 33.3 Å². The van der Waals surface area contributed by atoms with Gasteiger partial charge >= 0.3 is 0 Å². The van der Waals surface area contributed by atoms with E-state index >= 15 is 0 Å². The molecule has 0 atom stereocenters. The second-order valence-electron chi connectivity index (χ2n) is 8.00. The van der Waals surface area contributed by atoms with Crippen LogP contribution in [-0.4, -0.2) is 62.7 Å². The van der Waals surface area contributed by atoms with Gasteiger partial charge in [-0.15, -0.1) is 0 Å². The highest BCUT2D eigenvalue weighted by molar-refractivity contribution is 7.89. The molecule has 0 aromatic heterocycles. The highest BCUT2D eigenvalue weighted by Crippen LogP contribution is 2.27. The summed E-state index contributed by atoms with van der Waals surface area (Å²) in [5.41, 5.74) is 6.05. The molecule has 3 rings (SSSR count). The number of amides is 2. The molecule has 2 aliphatic heterocycles. The molecule has 0 bridgehead atoms. The smallest absolute Gasteiger partial charge is 0.243 e. The van der Waals surface area contributed by atoms with Gasteiger partial charge in [-0.25, -0.2) is 8.42 Å². The first kappa shape index (κ1) is 22.6. The lowest BCUT2D eigenvalue weighted by Crippen LogP contribution is -2.41. The molecule has 166 valence electrons. The zero-order valence-corrected chi connectivity index (χ0v) is 18.3. The number of ether oxygens (including phenoxy) is 1. The summed E-state index contributed by atoms with van der Waals surface area (Å²) in [5, 5.41) is 0. The maximum Gasteiger partial charge on any atom is 0.243 e. The molecule has 30 heavy (non-hydrogen) atoms. The number of sulfonamides is 1. The molecule has 2 heterocycles. The Labute approximate surface area is 178 Å². The predicted octanol–water partition coefficient (Wildman–Crippen LogP) is 1.53. The van der Waals surface area contributed by atoms with Crippen LogP contribution in [0.3, 0.4) is 0 Å². The minimum atomic E-state index is -3.54. The summed E-state index contributed by atoms with van der Waals surface area (Å²) in [6, 6.07) is 4.87. The summed E-state index contributed by atoms with van der Waals surface area (Å²) in [6.07, 6.45) is 4.64. The molecule has 0 aliphatic carbocycles. The van der Waals surface area contributed by atoms with Crippen molar-refractivity contribution in [2.45, 2.75) is 49.8 Å². The minimum absolute atomic E-state index is 0.00994. The number of piperidine rings is 2. The first-order valence-electron chi connectivity index (χ1n) is 10.6. The van der Waals surface area contributed by atoms with Crippen molar-refractivity contribution in [2.24, 2.45) is 11.7 Å². The fraction of sp³-hybridized carbons (Fsp3) is 0.619. The molecule has 1 aromatic rings. The van der Waals surface area contributed by atoms with Crippen LogP contribution in [0.15, 0.2) is 23.1 Å². The molecule has 0 radical (unpaired) electrons. The van der Waals surface area contributed by atoms with E-state index in [9.17, 15) is 18.0 Å². The summed E-state index contributed by atoms with van der Waals surface area (Å²) in [6.45, 7) is 2.13. The lowest BCUT2D eigenvalue weighted by Gasteiger charge is -2.30. The van der Waals surface area contributed by atoms with Crippen LogP contribution in [0.25, 0.3) is 0 Å². The summed E-state index contributed by atoms with van der Waals surface area (Å²) >= 11 is 0. The molecule has 2 amide bonds. The molecule has 9 heteroatoms. The Balaban J connectivity index is 1.67. The summed E-state index contributed by atoms with van der Waals surface area (Å²) in [5.74, 6) is 0.0986. The maximum atomic E-state index is 13.0. The average Bonchev–Trinajstić information content (AvgIpc) is 2.77. The van der Waals surface area contributed by atoms with Crippen LogP contribution in [0.1, 0.15) is 44.1 Å².